The van der Waals surface area contributed by atoms with E-state index in [0.717, 1.165) is 12.0 Å². The molecule has 0 aliphatic rings. The van der Waals surface area contributed by atoms with E-state index in [-0.39, 0.29) is 6.61 Å². The van der Waals surface area contributed by atoms with Gasteiger partial charge < -0.3 is 14.8 Å². The van der Waals surface area contributed by atoms with E-state index in [1.54, 1.807) is 0 Å². The SMILES string of the molecule is O=CCN(CCO)c1ccccc1. The molecule has 1 aromatic carbocycles. The molecular weight excluding hydrogens is 166 g/mol. The summed E-state index contributed by atoms with van der Waals surface area (Å²) in [4.78, 5) is 12.2. The Balaban J connectivity index is 2.69. The van der Waals surface area contributed by atoms with Crippen LogP contribution in [0.25, 0.3) is 0 Å². The number of carbonyl (C=O) groups excluding carboxylic acids is 1. The first-order valence-electron chi connectivity index (χ1n) is 4.23. The zero-order valence-electron chi connectivity index (χ0n) is 7.39. The Labute approximate surface area is 77.6 Å². The van der Waals surface area contributed by atoms with E-state index in [2.05, 4.69) is 0 Å². The average Bonchev–Trinajstić information content (AvgIpc) is 2.19. The second-order valence-electron chi connectivity index (χ2n) is 2.67. The second kappa shape index (κ2) is 5.32. The fourth-order valence-corrected chi connectivity index (χ4v) is 1.18. The first-order valence-corrected chi connectivity index (χ1v) is 4.23. The summed E-state index contributed by atoms with van der Waals surface area (Å²) < 4.78 is 0. The van der Waals surface area contributed by atoms with Crippen molar-refractivity contribution in [2.75, 3.05) is 24.6 Å². The van der Waals surface area contributed by atoms with Crippen LogP contribution in [0.3, 0.4) is 0 Å². The largest absolute Gasteiger partial charge is 0.395 e. The van der Waals surface area contributed by atoms with E-state index < -0.39 is 0 Å². The maximum absolute atomic E-state index is 10.3. The molecule has 13 heavy (non-hydrogen) atoms. The van der Waals surface area contributed by atoms with E-state index in [0.29, 0.717) is 13.1 Å². The molecule has 1 N–H and O–H groups in total. The summed E-state index contributed by atoms with van der Waals surface area (Å²) in [5.41, 5.74) is 0.962. The van der Waals surface area contributed by atoms with Gasteiger partial charge in [-0.3, -0.25) is 0 Å². The highest BCUT2D eigenvalue weighted by Crippen LogP contribution is 2.11. The number of aliphatic hydroxyl groups excluding tert-OH is 1. The van der Waals surface area contributed by atoms with E-state index in [9.17, 15) is 4.79 Å². The van der Waals surface area contributed by atoms with Gasteiger partial charge in [-0.15, -0.1) is 0 Å². The zero-order valence-corrected chi connectivity index (χ0v) is 7.39. The minimum Gasteiger partial charge on any atom is -0.395 e. The quantitative estimate of drug-likeness (QED) is 0.676. The number of benzene rings is 1. The minimum atomic E-state index is 0.0583. The van der Waals surface area contributed by atoms with Crippen LogP contribution in [0.4, 0.5) is 5.69 Å². The van der Waals surface area contributed by atoms with Gasteiger partial charge in [-0.1, -0.05) is 18.2 Å². The molecule has 0 aromatic heterocycles. The molecule has 1 aromatic rings. The van der Waals surface area contributed by atoms with Gasteiger partial charge in [0.25, 0.3) is 0 Å². The molecule has 3 heteroatoms. The van der Waals surface area contributed by atoms with Crippen molar-refractivity contribution in [3.8, 4) is 0 Å². The van der Waals surface area contributed by atoms with Gasteiger partial charge in [0.2, 0.25) is 0 Å². The highest BCUT2D eigenvalue weighted by molar-refractivity contribution is 5.61. The van der Waals surface area contributed by atoms with Gasteiger partial charge in [0.15, 0.2) is 0 Å². The Morgan fingerprint density at radius 3 is 2.54 bits per heavy atom. The lowest BCUT2D eigenvalue weighted by Gasteiger charge is -2.20. The normalized spacial score (nSPS) is 9.62. The zero-order chi connectivity index (χ0) is 9.52. The maximum Gasteiger partial charge on any atom is 0.139 e. The molecule has 0 bridgehead atoms. The summed E-state index contributed by atoms with van der Waals surface area (Å²) in [6, 6.07) is 9.56. The summed E-state index contributed by atoms with van der Waals surface area (Å²) in [6.45, 7) is 0.871. The van der Waals surface area contributed by atoms with Gasteiger partial charge in [-0.2, -0.15) is 0 Å². The number of nitrogens with zero attached hydrogens (tertiary/aromatic N) is 1. The molecule has 0 unspecified atom stereocenters. The topological polar surface area (TPSA) is 40.5 Å². The molecular formula is C10H13NO2. The summed E-state index contributed by atoms with van der Waals surface area (Å²) in [5.74, 6) is 0. The lowest BCUT2D eigenvalue weighted by Crippen LogP contribution is -2.28. The van der Waals surface area contributed by atoms with Gasteiger partial charge in [0, 0.05) is 12.2 Å². The fraction of sp³-hybridized carbons (Fsp3) is 0.300. The second-order valence-corrected chi connectivity index (χ2v) is 2.67. The summed E-state index contributed by atoms with van der Waals surface area (Å²) >= 11 is 0. The highest BCUT2D eigenvalue weighted by atomic mass is 16.3. The number of aliphatic hydroxyl groups is 1. The lowest BCUT2D eigenvalue weighted by atomic mass is 10.3. The number of hydrogen-bond donors (Lipinski definition) is 1. The molecule has 70 valence electrons. The van der Waals surface area contributed by atoms with Gasteiger partial charge in [-0.05, 0) is 12.1 Å². The molecule has 0 heterocycles. The molecule has 3 nitrogen and oxygen atoms in total. The van der Waals surface area contributed by atoms with Gasteiger partial charge in [0.1, 0.15) is 6.29 Å². The van der Waals surface area contributed by atoms with Crippen molar-refractivity contribution >= 4 is 12.0 Å². The molecule has 0 saturated heterocycles. The van der Waals surface area contributed by atoms with Crippen LogP contribution in [0.5, 0.6) is 0 Å². The van der Waals surface area contributed by atoms with E-state index in [1.807, 2.05) is 35.2 Å². The molecule has 1 rings (SSSR count). The highest BCUT2D eigenvalue weighted by Gasteiger charge is 2.02. The Morgan fingerprint density at radius 2 is 2.00 bits per heavy atom. The van der Waals surface area contributed by atoms with E-state index in [1.165, 1.54) is 0 Å². The van der Waals surface area contributed by atoms with Crippen molar-refractivity contribution in [2.45, 2.75) is 0 Å². The molecule has 0 atom stereocenters. The van der Waals surface area contributed by atoms with Crippen LogP contribution in [0.1, 0.15) is 0 Å². The smallest absolute Gasteiger partial charge is 0.139 e. The molecule has 0 aliphatic heterocycles. The number of carbonyl (C=O) groups is 1. The van der Waals surface area contributed by atoms with Crippen LogP contribution in [-0.2, 0) is 4.79 Å². The van der Waals surface area contributed by atoms with Crippen LogP contribution < -0.4 is 4.90 Å². The number of rotatable bonds is 5. The molecule has 0 fully saturated rings. The predicted molar refractivity (Wildman–Crippen MR) is 51.8 cm³/mol. The Morgan fingerprint density at radius 1 is 1.31 bits per heavy atom. The number of aldehydes is 1. The van der Waals surface area contributed by atoms with Crippen LogP contribution in [0.2, 0.25) is 0 Å². The first kappa shape index (κ1) is 9.74. The molecule has 0 saturated carbocycles. The lowest BCUT2D eigenvalue weighted by molar-refractivity contribution is -0.106. The Kier molecular flexibility index (Phi) is 3.99. The van der Waals surface area contributed by atoms with Crippen LogP contribution in [-0.4, -0.2) is 31.1 Å². The van der Waals surface area contributed by atoms with Crippen molar-refractivity contribution in [2.24, 2.45) is 0 Å². The Bertz CT molecular complexity index is 248. The summed E-state index contributed by atoms with van der Waals surface area (Å²) in [7, 11) is 0. The number of hydrogen-bond acceptors (Lipinski definition) is 3. The van der Waals surface area contributed by atoms with Crippen molar-refractivity contribution in [1.29, 1.82) is 0 Å². The van der Waals surface area contributed by atoms with Crippen molar-refractivity contribution in [3.63, 3.8) is 0 Å². The molecule has 0 spiro atoms. The monoisotopic (exact) mass is 179 g/mol. The van der Waals surface area contributed by atoms with Crippen LogP contribution >= 0.6 is 0 Å². The van der Waals surface area contributed by atoms with Gasteiger partial charge >= 0.3 is 0 Å². The van der Waals surface area contributed by atoms with Crippen molar-refractivity contribution in [1.82, 2.24) is 0 Å². The van der Waals surface area contributed by atoms with Gasteiger partial charge in [0.05, 0.1) is 13.2 Å². The molecule has 0 aliphatic carbocycles. The first-order chi connectivity index (χ1) is 6.38. The van der Waals surface area contributed by atoms with Crippen LogP contribution in [0.15, 0.2) is 30.3 Å². The van der Waals surface area contributed by atoms with Gasteiger partial charge in [-0.25, -0.2) is 0 Å². The summed E-state index contributed by atoms with van der Waals surface area (Å²) in [5, 5.41) is 8.77. The van der Waals surface area contributed by atoms with E-state index in [4.69, 9.17) is 5.11 Å². The van der Waals surface area contributed by atoms with E-state index >= 15 is 0 Å². The predicted octanol–water partition coefficient (Wildman–Crippen LogP) is 0.684. The standard InChI is InChI=1S/C10H13NO2/c12-8-6-11(7-9-13)10-4-2-1-3-5-10/h1-5,8,13H,6-7,9H2. The van der Waals surface area contributed by atoms with Crippen molar-refractivity contribution in [3.05, 3.63) is 30.3 Å². The minimum absolute atomic E-state index is 0.0583. The third kappa shape index (κ3) is 2.87. The average molecular weight is 179 g/mol. The van der Waals surface area contributed by atoms with Crippen LogP contribution in [0, 0.1) is 0 Å². The molecule has 0 radical (unpaired) electrons. The number of anilines is 1. The Hall–Kier alpha value is -1.35. The van der Waals surface area contributed by atoms with Crippen molar-refractivity contribution < 1.29 is 9.90 Å². The summed E-state index contributed by atoms with van der Waals surface area (Å²) in [6.07, 6.45) is 0.836. The number of para-hydroxylation sites is 1. The fourth-order valence-electron chi connectivity index (χ4n) is 1.18. The maximum atomic E-state index is 10.3. The third-order valence-electron chi connectivity index (χ3n) is 1.79. The third-order valence-corrected chi connectivity index (χ3v) is 1.79. The molecule has 0 amide bonds.